The van der Waals surface area contributed by atoms with Gasteiger partial charge in [-0.05, 0) is 6.92 Å². The first-order valence-electron chi connectivity index (χ1n) is 3.91. The third kappa shape index (κ3) is 5.40. The van der Waals surface area contributed by atoms with Crippen molar-refractivity contribution < 1.29 is 4.79 Å². The van der Waals surface area contributed by atoms with Crippen LogP contribution in [0.3, 0.4) is 0 Å². The molecular formula is C7H17N3OS. The Kier molecular flexibility index (Phi) is 6.14. The van der Waals surface area contributed by atoms with E-state index in [0.717, 1.165) is 11.5 Å². The van der Waals surface area contributed by atoms with Crippen LogP contribution in [0.1, 0.15) is 13.8 Å². The molecule has 2 unspecified atom stereocenters. The van der Waals surface area contributed by atoms with Gasteiger partial charge in [0.2, 0.25) is 5.91 Å². The average Bonchev–Trinajstić information content (AvgIpc) is 2.02. The fourth-order valence-electron chi connectivity index (χ4n) is 0.649. The van der Waals surface area contributed by atoms with Gasteiger partial charge in [-0.2, -0.15) is 11.8 Å². The number of amides is 1. The molecular weight excluding hydrogens is 174 g/mol. The normalized spacial score (nSPS) is 15.3. The van der Waals surface area contributed by atoms with Crippen molar-refractivity contribution in [3.63, 3.8) is 0 Å². The SMILES string of the molecule is CC(N)CSCC(C)C(=O)NN. The number of carbonyl (C=O) groups excluding carboxylic acids is 1. The summed E-state index contributed by atoms with van der Waals surface area (Å²) in [5.41, 5.74) is 7.66. The van der Waals surface area contributed by atoms with Crippen LogP contribution < -0.4 is 17.0 Å². The Bertz CT molecular complexity index is 141. The van der Waals surface area contributed by atoms with Gasteiger partial charge in [0.1, 0.15) is 0 Å². The van der Waals surface area contributed by atoms with Gasteiger partial charge in [-0.3, -0.25) is 10.2 Å². The molecule has 2 atom stereocenters. The number of hydrazine groups is 1. The molecule has 0 aliphatic carbocycles. The number of hydrogen-bond acceptors (Lipinski definition) is 4. The zero-order chi connectivity index (χ0) is 9.56. The maximum Gasteiger partial charge on any atom is 0.237 e. The van der Waals surface area contributed by atoms with E-state index in [4.69, 9.17) is 11.6 Å². The summed E-state index contributed by atoms with van der Waals surface area (Å²) in [4.78, 5) is 10.9. The van der Waals surface area contributed by atoms with Gasteiger partial charge in [-0.15, -0.1) is 0 Å². The molecule has 0 radical (unpaired) electrons. The minimum Gasteiger partial charge on any atom is -0.327 e. The predicted octanol–water partition coefficient (Wildman–Crippen LogP) is -0.307. The van der Waals surface area contributed by atoms with Crippen molar-refractivity contribution in [2.45, 2.75) is 19.9 Å². The minimum atomic E-state index is -0.118. The molecule has 0 saturated heterocycles. The molecule has 5 heteroatoms. The molecule has 0 rings (SSSR count). The van der Waals surface area contributed by atoms with Crippen molar-refractivity contribution in [3.05, 3.63) is 0 Å². The molecule has 4 nitrogen and oxygen atoms in total. The van der Waals surface area contributed by atoms with E-state index in [2.05, 4.69) is 5.43 Å². The summed E-state index contributed by atoms with van der Waals surface area (Å²) in [5, 5.41) is 0. The first kappa shape index (κ1) is 11.7. The highest BCUT2D eigenvalue weighted by atomic mass is 32.2. The Morgan fingerprint density at radius 1 is 1.50 bits per heavy atom. The number of nitrogens with two attached hydrogens (primary N) is 2. The van der Waals surface area contributed by atoms with E-state index < -0.39 is 0 Å². The maximum absolute atomic E-state index is 10.9. The summed E-state index contributed by atoms with van der Waals surface area (Å²) in [6.45, 7) is 3.79. The van der Waals surface area contributed by atoms with E-state index in [1.807, 2.05) is 13.8 Å². The molecule has 0 aliphatic heterocycles. The largest absolute Gasteiger partial charge is 0.327 e. The van der Waals surface area contributed by atoms with Crippen LogP contribution in [0.2, 0.25) is 0 Å². The number of rotatable bonds is 5. The van der Waals surface area contributed by atoms with Crippen molar-refractivity contribution in [1.29, 1.82) is 0 Å². The monoisotopic (exact) mass is 191 g/mol. The van der Waals surface area contributed by atoms with E-state index in [1.54, 1.807) is 11.8 Å². The summed E-state index contributed by atoms with van der Waals surface area (Å²) in [7, 11) is 0. The molecule has 12 heavy (non-hydrogen) atoms. The number of hydrogen-bond donors (Lipinski definition) is 3. The van der Waals surface area contributed by atoms with Gasteiger partial charge in [0.05, 0.1) is 0 Å². The molecule has 1 amide bonds. The summed E-state index contributed by atoms with van der Waals surface area (Å²) in [6.07, 6.45) is 0. The molecule has 5 N–H and O–H groups in total. The Balaban J connectivity index is 3.43. The van der Waals surface area contributed by atoms with E-state index in [0.29, 0.717) is 0 Å². The Morgan fingerprint density at radius 2 is 2.08 bits per heavy atom. The lowest BCUT2D eigenvalue weighted by atomic mass is 10.2. The van der Waals surface area contributed by atoms with Crippen molar-refractivity contribution in [3.8, 4) is 0 Å². The summed E-state index contributed by atoms with van der Waals surface area (Å²) < 4.78 is 0. The lowest BCUT2D eigenvalue weighted by molar-refractivity contribution is -0.123. The first-order valence-corrected chi connectivity index (χ1v) is 5.07. The Labute approximate surface area is 77.4 Å². The highest BCUT2D eigenvalue weighted by molar-refractivity contribution is 7.99. The molecule has 0 aromatic carbocycles. The quantitative estimate of drug-likeness (QED) is 0.316. The van der Waals surface area contributed by atoms with Crippen LogP contribution in [0.5, 0.6) is 0 Å². The fourth-order valence-corrected chi connectivity index (χ4v) is 1.66. The summed E-state index contributed by atoms with van der Waals surface area (Å²) in [5.74, 6) is 6.46. The van der Waals surface area contributed by atoms with Gasteiger partial charge < -0.3 is 5.73 Å². The third-order valence-corrected chi connectivity index (χ3v) is 2.84. The Morgan fingerprint density at radius 3 is 2.50 bits per heavy atom. The zero-order valence-electron chi connectivity index (χ0n) is 7.54. The molecule has 0 aromatic heterocycles. The second kappa shape index (κ2) is 6.28. The van der Waals surface area contributed by atoms with Gasteiger partial charge in [0.25, 0.3) is 0 Å². The predicted molar refractivity (Wildman–Crippen MR) is 52.5 cm³/mol. The zero-order valence-corrected chi connectivity index (χ0v) is 8.36. The van der Waals surface area contributed by atoms with Crippen LogP contribution in [-0.2, 0) is 4.79 Å². The molecule has 0 aromatic rings. The number of thioether (sulfide) groups is 1. The topological polar surface area (TPSA) is 81.1 Å². The van der Waals surface area contributed by atoms with Crippen LogP contribution in [0.25, 0.3) is 0 Å². The smallest absolute Gasteiger partial charge is 0.237 e. The third-order valence-electron chi connectivity index (χ3n) is 1.34. The van der Waals surface area contributed by atoms with Crippen molar-refractivity contribution in [2.24, 2.45) is 17.5 Å². The van der Waals surface area contributed by atoms with Crippen LogP contribution in [-0.4, -0.2) is 23.5 Å². The van der Waals surface area contributed by atoms with Gasteiger partial charge >= 0.3 is 0 Å². The van der Waals surface area contributed by atoms with Crippen LogP contribution in [0.15, 0.2) is 0 Å². The molecule has 72 valence electrons. The van der Waals surface area contributed by atoms with E-state index >= 15 is 0 Å². The van der Waals surface area contributed by atoms with Gasteiger partial charge in [-0.25, -0.2) is 5.84 Å². The first-order chi connectivity index (χ1) is 5.57. The van der Waals surface area contributed by atoms with E-state index in [9.17, 15) is 4.79 Å². The molecule has 0 bridgehead atoms. The van der Waals surface area contributed by atoms with Gasteiger partial charge in [0, 0.05) is 23.5 Å². The Hall–Kier alpha value is -0.260. The van der Waals surface area contributed by atoms with E-state index in [-0.39, 0.29) is 17.9 Å². The highest BCUT2D eigenvalue weighted by Gasteiger charge is 2.10. The molecule has 0 saturated carbocycles. The molecule has 0 heterocycles. The number of carbonyl (C=O) groups is 1. The summed E-state index contributed by atoms with van der Waals surface area (Å²) >= 11 is 1.67. The minimum absolute atomic E-state index is 0.0428. The van der Waals surface area contributed by atoms with Crippen molar-refractivity contribution >= 4 is 17.7 Å². The molecule has 0 spiro atoms. The second-order valence-electron chi connectivity index (χ2n) is 2.92. The fraction of sp³-hybridized carbons (Fsp3) is 0.857. The van der Waals surface area contributed by atoms with Crippen molar-refractivity contribution in [1.82, 2.24) is 5.43 Å². The van der Waals surface area contributed by atoms with Crippen LogP contribution in [0, 0.1) is 5.92 Å². The second-order valence-corrected chi connectivity index (χ2v) is 4.00. The standard InChI is InChI=1S/C7H17N3OS/c1-5(7(11)10-9)3-12-4-6(2)8/h5-6H,3-4,8-9H2,1-2H3,(H,10,11). The van der Waals surface area contributed by atoms with E-state index in [1.165, 1.54) is 0 Å². The van der Waals surface area contributed by atoms with Gasteiger partial charge in [-0.1, -0.05) is 6.92 Å². The highest BCUT2D eigenvalue weighted by Crippen LogP contribution is 2.08. The van der Waals surface area contributed by atoms with Crippen molar-refractivity contribution in [2.75, 3.05) is 11.5 Å². The van der Waals surface area contributed by atoms with Crippen LogP contribution >= 0.6 is 11.8 Å². The molecule has 0 fully saturated rings. The lowest BCUT2D eigenvalue weighted by Gasteiger charge is -2.09. The van der Waals surface area contributed by atoms with Gasteiger partial charge in [0.15, 0.2) is 0 Å². The number of nitrogens with one attached hydrogen (secondary N) is 1. The summed E-state index contributed by atoms with van der Waals surface area (Å²) in [6, 6.07) is 0.183. The van der Waals surface area contributed by atoms with Crippen LogP contribution in [0.4, 0.5) is 0 Å². The lowest BCUT2D eigenvalue weighted by Crippen LogP contribution is -2.35. The maximum atomic E-state index is 10.9. The molecule has 0 aliphatic rings. The average molecular weight is 191 g/mol.